The fourth-order valence-electron chi connectivity index (χ4n) is 2.34. The van der Waals surface area contributed by atoms with Gasteiger partial charge in [-0.2, -0.15) is 0 Å². The lowest BCUT2D eigenvalue weighted by Gasteiger charge is -2.34. The number of piperidine rings is 1. The molecule has 0 spiro atoms. The van der Waals surface area contributed by atoms with Gasteiger partial charge in [0, 0.05) is 33.7 Å². The molecule has 1 aliphatic rings. The molecule has 7 nitrogen and oxygen atoms in total. The molecule has 0 bridgehead atoms. The number of likely N-dealkylation sites (tertiary alicyclic amines) is 1. The Morgan fingerprint density at radius 1 is 1.48 bits per heavy atom. The van der Waals surface area contributed by atoms with Gasteiger partial charge in [0.1, 0.15) is 6.54 Å². The Balaban J connectivity index is 2.76. The van der Waals surface area contributed by atoms with Gasteiger partial charge in [0.15, 0.2) is 5.96 Å². The first-order chi connectivity index (χ1) is 11.0. The second kappa shape index (κ2) is 9.86. The lowest BCUT2D eigenvalue weighted by atomic mass is 9.98. The maximum atomic E-state index is 11.9. The maximum absolute atomic E-state index is 11.9. The topological polar surface area (TPSA) is 74.2 Å². The van der Waals surface area contributed by atoms with E-state index in [1.165, 1.54) is 4.90 Å². The summed E-state index contributed by atoms with van der Waals surface area (Å²) in [6.45, 7) is 7.87. The van der Waals surface area contributed by atoms with Crippen LogP contribution in [0.25, 0.3) is 0 Å². The van der Waals surface area contributed by atoms with Crippen LogP contribution in [0.5, 0.6) is 0 Å². The van der Waals surface area contributed by atoms with E-state index in [4.69, 9.17) is 4.74 Å². The highest BCUT2D eigenvalue weighted by Gasteiger charge is 2.28. The van der Waals surface area contributed by atoms with Crippen molar-refractivity contribution in [1.29, 1.82) is 0 Å². The van der Waals surface area contributed by atoms with Crippen molar-refractivity contribution in [2.24, 2.45) is 10.9 Å². The zero-order valence-electron chi connectivity index (χ0n) is 14.4. The molecule has 0 aliphatic carbocycles. The second-order valence-electron chi connectivity index (χ2n) is 5.63. The van der Waals surface area contributed by atoms with E-state index in [0.29, 0.717) is 25.7 Å². The summed E-state index contributed by atoms with van der Waals surface area (Å²) in [4.78, 5) is 31.6. The van der Waals surface area contributed by atoms with Gasteiger partial charge >= 0.3 is 5.97 Å². The molecule has 0 aromatic carbocycles. The first kappa shape index (κ1) is 19.0. The number of ether oxygens (including phenoxy) is 1. The molecule has 1 heterocycles. The SMILES string of the molecule is C=CCNC(=NCC(=O)N(C)C)N1CCCC(C(=O)OCC)C1. The van der Waals surface area contributed by atoms with Crippen molar-refractivity contribution >= 4 is 17.8 Å². The summed E-state index contributed by atoms with van der Waals surface area (Å²) in [6.07, 6.45) is 3.44. The van der Waals surface area contributed by atoms with Crippen LogP contribution in [0.1, 0.15) is 19.8 Å². The molecule has 1 fully saturated rings. The third-order valence-electron chi connectivity index (χ3n) is 3.61. The van der Waals surface area contributed by atoms with Gasteiger partial charge in [-0.3, -0.25) is 9.59 Å². The van der Waals surface area contributed by atoms with E-state index < -0.39 is 0 Å². The predicted octanol–water partition coefficient (Wildman–Crippen LogP) is 0.481. The third kappa shape index (κ3) is 6.30. The standard InChI is InChI=1S/C16H28N4O3/c1-5-9-17-16(18-11-14(21)19(3)4)20-10-7-8-13(12-20)15(22)23-6-2/h5,13H,1,6-12H2,2-4H3,(H,17,18). The number of hydrogen-bond donors (Lipinski definition) is 1. The van der Waals surface area contributed by atoms with Crippen LogP contribution in [-0.2, 0) is 14.3 Å². The summed E-state index contributed by atoms with van der Waals surface area (Å²) in [6, 6.07) is 0. The zero-order valence-corrected chi connectivity index (χ0v) is 14.4. The number of guanidine groups is 1. The summed E-state index contributed by atoms with van der Waals surface area (Å²) in [7, 11) is 3.40. The number of nitrogens with zero attached hydrogens (tertiary/aromatic N) is 3. The summed E-state index contributed by atoms with van der Waals surface area (Å²) < 4.78 is 5.12. The van der Waals surface area contributed by atoms with Gasteiger partial charge < -0.3 is 19.9 Å². The van der Waals surface area contributed by atoms with Gasteiger partial charge in [0.2, 0.25) is 5.91 Å². The van der Waals surface area contributed by atoms with E-state index in [2.05, 4.69) is 16.9 Å². The van der Waals surface area contributed by atoms with Crippen LogP contribution in [-0.4, -0.2) is 74.5 Å². The van der Waals surface area contributed by atoms with E-state index in [1.807, 2.05) is 11.8 Å². The van der Waals surface area contributed by atoms with Crippen LogP contribution < -0.4 is 5.32 Å². The van der Waals surface area contributed by atoms with Crippen molar-refractivity contribution in [3.8, 4) is 0 Å². The second-order valence-corrected chi connectivity index (χ2v) is 5.63. The lowest BCUT2D eigenvalue weighted by Crippen LogP contribution is -2.48. The minimum Gasteiger partial charge on any atom is -0.466 e. The van der Waals surface area contributed by atoms with E-state index in [1.54, 1.807) is 20.2 Å². The van der Waals surface area contributed by atoms with Crippen molar-refractivity contribution in [2.45, 2.75) is 19.8 Å². The van der Waals surface area contributed by atoms with Gasteiger partial charge in [0.25, 0.3) is 0 Å². The quantitative estimate of drug-likeness (QED) is 0.333. The van der Waals surface area contributed by atoms with Crippen LogP contribution in [0.15, 0.2) is 17.6 Å². The van der Waals surface area contributed by atoms with Crippen LogP contribution in [0.4, 0.5) is 0 Å². The Hall–Kier alpha value is -2.05. The fourth-order valence-corrected chi connectivity index (χ4v) is 2.34. The number of aliphatic imine (C=N–C) groups is 1. The molecule has 0 aromatic rings. The van der Waals surface area contributed by atoms with E-state index in [9.17, 15) is 9.59 Å². The van der Waals surface area contributed by atoms with Crippen molar-refractivity contribution < 1.29 is 14.3 Å². The van der Waals surface area contributed by atoms with Gasteiger partial charge in [-0.15, -0.1) is 6.58 Å². The molecule has 0 saturated carbocycles. The monoisotopic (exact) mass is 324 g/mol. The van der Waals surface area contributed by atoms with Gasteiger partial charge in [0.05, 0.1) is 12.5 Å². The normalized spacial score (nSPS) is 18.3. The number of rotatable bonds is 6. The van der Waals surface area contributed by atoms with Gasteiger partial charge in [-0.25, -0.2) is 4.99 Å². The number of carbonyl (C=O) groups excluding carboxylic acids is 2. The number of likely N-dealkylation sites (N-methyl/N-ethyl adjacent to an activating group) is 1. The Kier molecular flexibility index (Phi) is 8.15. The molecule has 130 valence electrons. The molecule has 23 heavy (non-hydrogen) atoms. The molecule has 1 atom stereocenters. The third-order valence-corrected chi connectivity index (χ3v) is 3.61. The van der Waals surface area contributed by atoms with Gasteiger partial charge in [-0.05, 0) is 19.8 Å². The zero-order chi connectivity index (χ0) is 17.2. The Morgan fingerprint density at radius 2 is 2.22 bits per heavy atom. The average Bonchev–Trinajstić information content (AvgIpc) is 2.55. The smallest absolute Gasteiger partial charge is 0.310 e. The molecule has 1 aliphatic heterocycles. The first-order valence-electron chi connectivity index (χ1n) is 8.00. The summed E-state index contributed by atoms with van der Waals surface area (Å²) in [5, 5.41) is 3.16. The Labute approximate surface area is 138 Å². The molecule has 0 aromatic heterocycles. The van der Waals surface area contributed by atoms with E-state index in [-0.39, 0.29) is 24.3 Å². The average molecular weight is 324 g/mol. The van der Waals surface area contributed by atoms with E-state index >= 15 is 0 Å². The number of esters is 1. The number of amides is 1. The highest BCUT2D eigenvalue weighted by atomic mass is 16.5. The molecule has 0 radical (unpaired) electrons. The molecule has 1 amide bonds. The summed E-state index contributed by atoms with van der Waals surface area (Å²) in [5.41, 5.74) is 0. The first-order valence-corrected chi connectivity index (χ1v) is 8.00. The van der Waals surface area contributed by atoms with Gasteiger partial charge in [-0.1, -0.05) is 6.08 Å². The minimum atomic E-state index is -0.162. The number of nitrogens with one attached hydrogen (secondary N) is 1. The fraction of sp³-hybridized carbons (Fsp3) is 0.688. The molecule has 1 N–H and O–H groups in total. The predicted molar refractivity (Wildman–Crippen MR) is 90.1 cm³/mol. The van der Waals surface area contributed by atoms with Crippen molar-refractivity contribution in [1.82, 2.24) is 15.1 Å². The molecule has 1 saturated heterocycles. The number of carbonyl (C=O) groups is 2. The largest absolute Gasteiger partial charge is 0.466 e. The van der Waals surface area contributed by atoms with Crippen LogP contribution in [0, 0.1) is 5.92 Å². The molecule has 7 heteroatoms. The van der Waals surface area contributed by atoms with Crippen LogP contribution >= 0.6 is 0 Å². The van der Waals surface area contributed by atoms with Crippen molar-refractivity contribution in [2.75, 3.05) is 46.9 Å². The lowest BCUT2D eigenvalue weighted by molar-refractivity contribution is -0.149. The Morgan fingerprint density at radius 3 is 2.83 bits per heavy atom. The van der Waals surface area contributed by atoms with E-state index in [0.717, 1.165) is 19.4 Å². The van der Waals surface area contributed by atoms with Crippen molar-refractivity contribution in [3.05, 3.63) is 12.7 Å². The molecular weight excluding hydrogens is 296 g/mol. The van der Waals surface area contributed by atoms with Crippen LogP contribution in [0.3, 0.4) is 0 Å². The van der Waals surface area contributed by atoms with Crippen molar-refractivity contribution in [3.63, 3.8) is 0 Å². The maximum Gasteiger partial charge on any atom is 0.310 e. The highest BCUT2D eigenvalue weighted by molar-refractivity contribution is 5.85. The molecule has 1 unspecified atom stereocenters. The molecular formula is C16H28N4O3. The highest BCUT2D eigenvalue weighted by Crippen LogP contribution is 2.18. The minimum absolute atomic E-state index is 0.0677. The summed E-state index contributed by atoms with van der Waals surface area (Å²) >= 11 is 0. The Bertz CT molecular complexity index is 449. The molecule has 1 rings (SSSR count). The number of hydrogen-bond acceptors (Lipinski definition) is 4. The summed E-state index contributed by atoms with van der Waals surface area (Å²) in [5.74, 6) is 0.254. The van der Waals surface area contributed by atoms with Crippen LogP contribution in [0.2, 0.25) is 0 Å².